The summed E-state index contributed by atoms with van der Waals surface area (Å²) in [5.41, 5.74) is 34.3. The normalized spacial score (nSPS) is 6.17. The van der Waals surface area contributed by atoms with E-state index in [1.165, 1.54) is 86.1 Å². The number of carbonyl (C=O) groups excluding carboxylic acids is 12. The first-order valence-electron chi connectivity index (χ1n) is 26.4. The number of hydrogen-bond acceptors (Lipinski definition) is 24. The first-order valence-corrected chi connectivity index (χ1v) is 26.4. The molecule has 25 heteroatoms. The minimum Gasteiger partial charge on any atom is -0.394 e. The Morgan fingerprint density at radius 3 is 0.570 bits per heavy atom. The monoisotopic (exact) mass is 1270 g/mol. The van der Waals surface area contributed by atoms with Crippen molar-refractivity contribution >= 4 is 80.6 Å². The lowest BCUT2D eigenvalue weighted by molar-refractivity contribution is -0.129. The van der Waals surface area contributed by atoms with Crippen molar-refractivity contribution in [3.63, 3.8) is 0 Å². The van der Waals surface area contributed by atoms with Crippen LogP contribution < -0.4 is 64.7 Å². The highest BCUT2D eigenvalue weighted by molar-refractivity contribution is 5.73. The highest BCUT2D eigenvalue weighted by Gasteiger charge is 2.11. The van der Waals surface area contributed by atoms with Crippen molar-refractivity contribution in [3.05, 3.63) is 71.8 Å². The number of amides is 1. The summed E-state index contributed by atoms with van der Waals surface area (Å²) in [5, 5.41) is 8.06. The van der Waals surface area contributed by atoms with Crippen LogP contribution in [0.5, 0.6) is 0 Å². The van der Waals surface area contributed by atoms with Crippen molar-refractivity contribution in [1.82, 2.24) is 29.5 Å². The first-order chi connectivity index (χ1) is 40.2. The number of nitrogens with zero attached hydrogens (tertiary/aromatic N) is 1. The van der Waals surface area contributed by atoms with Gasteiger partial charge in [-0.25, -0.2) is 0 Å². The second-order valence-corrected chi connectivity index (χ2v) is 9.14. The minimum atomic E-state index is -0.167. The lowest BCUT2D eigenvalue weighted by Gasteiger charge is -2.24. The van der Waals surface area contributed by atoms with Gasteiger partial charge in [0.2, 0.25) is 5.91 Å². The molecule has 0 saturated carbocycles. The Morgan fingerprint density at radius 2 is 0.500 bits per heavy atom. The van der Waals surface area contributed by atoms with Gasteiger partial charge in [0, 0.05) is 26.1 Å². The number of hydrogen-bond donors (Lipinski definition) is 12. The lowest BCUT2D eigenvalue weighted by Crippen LogP contribution is -2.33. The number of carbonyl (C=O) groups is 12. The second-order valence-electron chi connectivity index (χ2n) is 9.14. The van der Waals surface area contributed by atoms with Gasteiger partial charge in [0.25, 0.3) is 0 Å². The van der Waals surface area contributed by atoms with E-state index in [4.69, 9.17) is 57.8 Å². The van der Waals surface area contributed by atoms with Gasteiger partial charge >= 0.3 is 0 Å². The fraction of sp³-hybridized carbons (Fsp3) is 0.607. The third kappa shape index (κ3) is 594. The Labute approximate surface area is 534 Å². The van der Waals surface area contributed by atoms with E-state index in [0.29, 0.717) is 0 Å². The van der Waals surface area contributed by atoms with Crippen LogP contribution in [-0.2, 0) is 70.4 Å². The smallest absolute Gasteiger partial charge is 0.219 e. The molecule has 1 amide bonds. The molecule has 0 bridgehead atoms. The molecule has 1 aliphatic heterocycles. The summed E-state index contributed by atoms with van der Waals surface area (Å²) in [6, 6.07) is 20.9. The van der Waals surface area contributed by atoms with Crippen molar-refractivity contribution < 1.29 is 62.6 Å². The van der Waals surface area contributed by atoms with E-state index in [2.05, 4.69) is 123 Å². The van der Waals surface area contributed by atoms with Gasteiger partial charge in [0.1, 0.15) is 74.7 Å². The molecule has 2 aromatic carbocycles. The molecule has 1 saturated heterocycles. The van der Waals surface area contributed by atoms with Crippen molar-refractivity contribution in [2.45, 2.75) is 183 Å². The molecule has 0 aromatic heterocycles. The average molecular weight is 1270 g/mol. The summed E-state index contributed by atoms with van der Waals surface area (Å²) in [6.07, 6.45) is 7.10. The number of aliphatic hydroxyl groups is 1. The third-order valence-electron chi connectivity index (χ3n) is 5.12. The van der Waals surface area contributed by atoms with Gasteiger partial charge in [-0.1, -0.05) is 185 Å². The van der Waals surface area contributed by atoms with Crippen LogP contribution >= 0.6 is 0 Å². The van der Waals surface area contributed by atoms with E-state index in [1.54, 1.807) is 20.8 Å². The number of benzene rings is 2. The standard InChI is InChI=1S/2C8H10.C7H13NO.C5H12.C3H8O.6C2H6.7CH5N.11CH2O.4H3N/c2*1-2-8-6-4-3-5-7-8;1-7(9)8-5-3-2-4-6-8;1-4-5(2)3;1-3(2)4;24*1-2;;;;/h2*3-7H,2H2,1H3;2-6H2,1H3;5H,4H2,1-3H3;3-4H,1-2H3;6*1-2H3;7*2H2,1H3;11*1H2;4*1H3. The van der Waals surface area contributed by atoms with Crippen LogP contribution in [0.3, 0.4) is 0 Å². The Kier molecular flexibility index (Phi) is 1250. The van der Waals surface area contributed by atoms with Gasteiger partial charge in [-0.2, -0.15) is 0 Å². The van der Waals surface area contributed by atoms with E-state index in [1.807, 2.05) is 175 Å². The molecule has 27 N–H and O–H groups in total. The maximum atomic E-state index is 10.7. The molecule has 0 spiro atoms. The van der Waals surface area contributed by atoms with E-state index >= 15 is 0 Å². The fourth-order valence-corrected chi connectivity index (χ4v) is 2.64. The summed E-state index contributed by atoms with van der Waals surface area (Å²) in [4.78, 5) is 101. The molecule has 1 fully saturated rings. The SMILES string of the molecule is C=O.C=O.C=O.C=O.C=O.C=O.C=O.C=O.C=O.C=O.C=O.CC.CC.CC.CC.CC.CC.CC(=O)N1CCCCC1.CC(C)O.CCC(C)C.CCc1ccccc1.CCc1ccccc1.CN.CN.CN.CN.CN.CN.CN.N.N.N.N. The Morgan fingerprint density at radius 1 is 0.372 bits per heavy atom. The predicted octanol–water partition coefficient (Wildman–Crippen LogP) is 9.75. The van der Waals surface area contributed by atoms with Crippen LogP contribution in [0.4, 0.5) is 0 Å². The Balaban J connectivity index is -0.0000000139. The predicted molar refractivity (Wildman–Crippen MR) is 388 cm³/mol. The van der Waals surface area contributed by atoms with Crippen LogP contribution in [0.1, 0.15) is 175 Å². The molecular weight excluding hydrogens is 1110 g/mol. The zero-order valence-electron chi connectivity index (χ0n) is 61.5. The molecule has 25 nitrogen and oxygen atoms in total. The van der Waals surface area contributed by atoms with Crippen molar-refractivity contribution in [2.24, 2.45) is 46.1 Å². The molecule has 0 atom stereocenters. The minimum absolute atomic E-state index is 0. The maximum Gasteiger partial charge on any atom is 0.219 e. The summed E-state index contributed by atoms with van der Waals surface area (Å²) in [5.74, 6) is 1.12. The molecule has 1 aliphatic rings. The molecular formula is C61H158N12O13. The number of aryl methyl sites for hydroxylation is 2. The van der Waals surface area contributed by atoms with Gasteiger partial charge < -0.3 is 127 Å². The average Bonchev–Trinajstić information content (AvgIpc) is 3.64. The maximum absolute atomic E-state index is 10.7. The molecule has 0 unspecified atom stereocenters. The van der Waals surface area contributed by atoms with Crippen LogP contribution in [0, 0.1) is 5.92 Å². The topological polar surface area (TPSA) is 550 Å². The molecule has 0 aliphatic carbocycles. The number of likely N-dealkylation sites (tertiary alicyclic amines) is 1. The van der Waals surface area contributed by atoms with Gasteiger partial charge in [-0.3, -0.25) is 4.79 Å². The summed E-state index contributed by atoms with van der Waals surface area (Å²) >= 11 is 0. The number of rotatable bonds is 3. The first kappa shape index (κ1) is 200. The Hall–Kier alpha value is -6.20. The number of nitrogens with two attached hydrogens (primary N) is 7. The third-order valence-corrected chi connectivity index (χ3v) is 5.12. The van der Waals surface area contributed by atoms with E-state index < -0.39 is 0 Å². The summed E-state index contributed by atoms with van der Waals surface area (Å²) < 4.78 is 0. The molecule has 1 heterocycles. The van der Waals surface area contributed by atoms with Gasteiger partial charge in [0.05, 0.1) is 0 Å². The van der Waals surface area contributed by atoms with E-state index in [-0.39, 0.29) is 36.6 Å². The van der Waals surface area contributed by atoms with Gasteiger partial charge in [-0.05, 0) is 112 Å². The number of aliphatic hydroxyl groups excluding tert-OH is 1. The van der Waals surface area contributed by atoms with Crippen molar-refractivity contribution in [3.8, 4) is 0 Å². The molecule has 3 rings (SSSR count). The zero-order valence-corrected chi connectivity index (χ0v) is 61.5. The lowest BCUT2D eigenvalue weighted by atomic mass is 10.1. The highest BCUT2D eigenvalue weighted by Crippen LogP contribution is 2.07. The van der Waals surface area contributed by atoms with Crippen LogP contribution in [0.25, 0.3) is 0 Å². The summed E-state index contributed by atoms with van der Waals surface area (Å²) in [6.45, 7) is 64.0. The van der Waals surface area contributed by atoms with Crippen LogP contribution in [0.2, 0.25) is 0 Å². The largest absolute Gasteiger partial charge is 0.394 e. The number of piperidine rings is 1. The highest BCUT2D eigenvalue weighted by atomic mass is 16.3. The molecule has 86 heavy (non-hydrogen) atoms. The van der Waals surface area contributed by atoms with Crippen molar-refractivity contribution in [1.29, 1.82) is 0 Å². The van der Waals surface area contributed by atoms with Gasteiger partial charge in [0.15, 0.2) is 0 Å². The quantitative estimate of drug-likeness (QED) is 0.136. The fourth-order valence-electron chi connectivity index (χ4n) is 2.64. The van der Waals surface area contributed by atoms with Crippen LogP contribution in [0.15, 0.2) is 60.7 Å². The molecule has 540 valence electrons. The van der Waals surface area contributed by atoms with Crippen LogP contribution in [-0.4, -0.2) is 159 Å². The molecule has 0 radical (unpaired) electrons. The van der Waals surface area contributed by atoms with Crippen molar-refractivity contribution in [2.75, 3.05) is 62.4 Å². The van der Waals surface area contributed by atoms with Gasteiger partial charge in [-0.15, -0.1) is 0 Å². The summed E-state index contributed by atoms with van der Waals surface area (Å²) in [7, 11) is 10.5. The Bertz CT molecular complexity index is 829. The zero-order chi connectivity index (χ0) is 74.2. The van der Waals surface area contributed by atoms with E-state index in [0.717, 1.165) is 31.8 Å². The second kappa shape index (κ2) is 537. The van der Waals surface area contributed by atoms with E-state index in [9.17, 15) is 4.79 Å². The molecule has 2 aromatic rings.